The molecule has 1 saturated heterocycles. The Morgan fingerprint density at radius 1 is 1.15 bits per heavy atom. The molecule has 1 fully saturated rings. The zero-order chi connectivity index (χ0) is 17.9. The highest BCUT2D eigenvalue weighted by Gasteiger charge is 2.30. The first-order chi connectivity index (χ1) is 12.7. The van der Waals surface area contributed by atoms with Crippen LogP contribution in [0.3, 0.4) is 0 Å². The summed E-state index contributed by atoms with van der Waals surface area (Å²) in [5.74, 6) is 0. The molecule has 0 bridgehead atoms. The van der Waals surface area contributed by atoms with Crippen LogP contribution in [0.1, 0.15) is 17.3 Å². The minimum Gasteiger partial charge on any atom is -0.332 e. The maximum Gasteiger partial charge on any atom is 0.318 e. The van der Waals surface area contributed by atoms with Gasteiger partial charge in [0.15, 0.2) is 0 Å². The summed E-state index contributed by atoms with van der Waals surface area (Å²) in [6, 6.07) is 16.1. The molecule has 0 radical (unpaired) electrons. The molecule has 3 heterocycles. The second-order valence-corrected chi connectivity index (χ2v) is 6.74. The summed E-state index contributed by atoms with van der Waals surface area (Å²) in [6.45, 7) is 2.86. The fourth-order valence-corrected chi connectivity index (χ4v) is 3.46. The number of imidazole rings is 1. The van der Waals surface area contributed by atoms with Crippen molar-refractivity contribution in [2.45, 2.75) is 12.6 Å². The summed E-state index contributed by atoms with van der Waals surface area (Å²) in [4.78, 5) is 21.6. The lowest BCUT2D eigenvalue weighted by Crippen LogP contribution is -2.52. The Bertz CT molecular complexity index is 858. The Morgan fingerprint density at radius 3 is 2.77 bits per heavy atom. The first-order valence-corrected chi connectivity index (χ1v) is 8.91. The number of urea groups is 1. The number of pyridine rings is 1. The first kappa shape index (κ1) is 16.6. The van der Waals surface area contributed by atoms with Crippen molar-refractivity contribution in [2.24, 2.45) is 0 Å². The Kier molecular flexibility index (Phi) is 4.58. The summed E-state index contributed by atoms with van der Waals surface area (Å²) in [5.41, 5.74) is 2.91. The number of likely N-dealkylation sites (N-methyl/N-ethyl adjacent to an activating group) is 1. The van der Waals surface area contributed by atoms with Crippen molar-refractivity contribution in [2.75, 3.05) is 26.7 Å². The van der Waals surface area contributed by atoms with E-state index in [-0.39, 0.29) is 12.1 Å². The minimum atomic E-state index is -0.0380. The largest absolute Gasteiger partial charge is 0.332 e. The van der Waals surface area contributed by atoms with Crippen molar-refractivity contribution in [3.63, 3.8) is 0 Å². The molecule has 2 aromatic heterocycles. The number of benzene rings is 1. The molecule has 1 aromatic carbocycles. The fourth-order valence-electron chi connectivity index (χ4n) is 3.46. The standard InChI is InChI=1S/C20H23N5O/c1-23-11-12-25(18(15-23)16-7-3-2-4-8-16)20(26)21-13-17-14-24-10-6-5-9-19(24)22-17/h2-10,14,18H,11-13,15H2,1H3,(H,21,26)/t18-/m1/s1. The number of aromatic nitrogens is 2. The summed E-state index contributed by atoms with van der Waals surface area (Å²) in [7, 11) is 2.10. The molecule has 1 aliphatic heterocycles. The van der Waals surface area contributed by atoms with Crippen LogP contribution in [0.25, 0.3) is 5.65 Å². The second-order valence-electron chi connectivity index (χ2n) is 6.74. The van der Waals surface area contributed by atoms with Gasteiger partial charge in [-0.3, -0.25) is 0 Å². The molecule has 0 aliphatic carbocycles. The summed E-state index contributed by atoms with van der Waals surface area (Å²) < 4.78 is 1.96. The summed E-state index contributed by atoms with van der Waals surface area (Å²) in [5, 5.41) is 3.04. The van der Waals surface area contributed by atoms with Crippen molar-refractivity contribution >= 4 is 11.7 Å². The van der Waals surface area contributed by atoms with Gasteiger partial charge in [-0.1, -0.05) is 36.4 Å². The molecule has 1 N–H and O–H groups in total. The van der Waals surface area contributed by atoms with Gasteiger partial charge in [0.2, 0.25) is 0 Å². The van der Waals surface area contributed by atoms with Gasteiger partial charge in [0.25, 0.3) is 0 Å². The third-order valence-corrected chi connectivity index (χ3v) is 4.86. The van der Waals surface area contributed by atoms with Gasteiger partial charge in [-0.05, 0) is 24.7 Å². The van der Waals surface area contributed by atoms with E-state index in [0.29, 0.717) is 13.1 Å². The average molecular weight is 349 g/mol. The molecular weight excluding hydrogens is 326 g/mol. The van der Waals surface area contributed by atoms with Crippen molar-refractivity contribution in [3.05, 3.63) is 72.2 Å². The number of rotatable bonds is 3. The number of carbonyl (C=O) groups excluding carboxylic acids is 1. The fraction of sp³-hybridized carbons (Fsp3) is 0.300. The lowest BCUT2D eigenvalue weighted by Gasteiger charge is -2.40. The van der Waals surface area contributed by atoms with Crippen LogP contribution in [0.4, 0.5) is 4.79 Å². The van der Waals surface area contributed by atoms with Crippen molar-refractivity contribution in [1.82, 2.24) is 24.5 Å². The van der Waals surface area contributed by atoms with E-state index in [1.54, 1.807) is 0 Å². The quantitative estimate of drug-likeness (QED) is 0.791. The lowest BCUT2D eigenvalue weighted by atomic mass is 10.0. The zero-order valence-electron chi connectivity index (χ0n) is 14.9. The van der Waals surface area contributed by atoms with E-state index in [1.807, 2.05) is 58.1 Å². The van der Waals surface area contributed by atoms with Crippen LogP contribution < -0.4 is 5.32 Å². The van der Waals surface area contributed by atoms with Crippen LogP contribution in [0.2, 0.25) is 0 Å². The number of hydrogen-bond acceptors (Lipinski definition) is 3. The van der Waals surface area contributed by atoms with E-state index in [9.17, 15) is 4.79 Å². The van der Waals surface area contributed by atoms with Gasteiger partial charge in [0.1, 0.15) is 5.65 Å². The van der Waals surface area contributed by atoms with E-state index in [2.05, 4.69) is 34.4 Å². The minimum absolute atomic E-state index is 0.0380. The van der Waals surface area contributed by atoms with Crippen LogP contribution in [0, 0.1) is 0 Å². The number of carbonyl (C=O) groups is 1. The molecule has 26 heavy (non-hydrogen) atoms. The highest BCUT2D eigenvalue weighted by atomic mass is 16.2. The van der Waals surface area contributed by atoms with Gasteiger partial charge in [0, 0.05) is 32.0 Å². The number of amides is 2. The Hall–Kier alpha value is -2.86. The third-order valence-electron chi connectivity index (χ3n) is 4.86. The SMILES string of the molecule is CN1CCN(C(=O)NCc2cn3ccccc3n2)[C@@H](c2ccccc2)C1. The molecule has 0 spiro atoms. The van der Waals surface area contributed by atoms with Crippen LogP contribution in [-0.4, -0.2) is 51.9 Å². The van der Waals surface area contributed by atoms with Gasteiger partial charge in [-0.15, -0.1) is 0 Å². The molecular formula is C20H23N5O. The molecule has 2 amide bonds. The third kappa shape index (κ3) is 3.41. The van der Waals surface area contributed by atoms with Crippen LogP contribution in [0.15, 0.2) is 60.9 Å². The molecule has 1 aliphatic rings. The van der Waals surface area contributed by atoms with Crippen molar-refractivity contribution in [1.29, 1.82) is 0 Å². The number of hydrogen-bond donors (Lipinski definition) is 1. The molecule has 6 heteroatoms. The maximum absolute atomic E-state index is 12.8. The molecule has 4 rings (SSSR count). The smallest absolute Gasteiger partial charge is 0.318 e. The number of nitrogens with zero attached hydrogens (tertiary/aromatic N) is 4. The number of piperazine rings is 1. The van der Waals surface area contributed by atoms with Gasteiger partial charge in [-0.25, -0.2) is 9.78 Å². The molecule has 6 nitrogen and oxygen atoms in total. The van der Waals surface area contributed by atoms with E-state index < -0.39 is 0 Å². The summed E-state index contributed by atoms with van der Waals surface area (Å²) in [6.07, 6.45) is 3.91. The predicted octanol–water partition coefficient (Wildman–Crippen LogP) is 2.53. The zero-order valence-corrected chi connectivity index (χ0v) is 14.9. The molecule has 134 valence electrons. The van der Waals surface area contributed by atoms with E-state index >= 15 is 0 Å². The average Bonchev–Trinajstić information content (AvgIpc) is 3.10. The summed E-state index contributed by atoms with van der Waals surface area (Å²) >= 11 is 0. The van der Waals surface area contributed by atoms with Crippen molar-refractivity contribution < 1.29 is 4.79 Å². The Balaban J connectivity index is 1.46. The Morgan fingerprint density at radius 2 is 1.96 bits per heavy atom. The van der Waals surface area contributed by atoms with Crippen LogP contribution >= 0.6 is 0 Å². The monoisotopic (exact) mass is 349 g/mol. The van der Waals surface area contributed by atoms with E-state index in [0.717, 1.165) is 24.4 Å². The highest BCUT2D eigenvalue weighted by Crippen LogP contribution is 2.24. The first-order valence-electron chi connectivity index (χ1n) is 8.91. The second kappa shape index (κ2) is 7.17. The highest BCUT2D eigenvalue weighted by molar-refractivity contribution is 5.75. The lowest BCUT2D eigenvalue weighted by molar-refractivity contribution is 0.108. The van der Waals surface area contributed by atoms with Gasteiger partial charge < -0.3 is 19.5 Å². The van der Waals surface area contributed by atoms with Crippen LogP contribution in [0.5, 0.6) is 0 Å². The molecule has 0 unspecified atom stereocenters. The van der Waals surface area contributed by atoms with Crippen LogP contribution in [-0.2, 0) is 6.54 Å². The molecule has 1 atom stereocenters. The normalized spacial score (nSPS) is 18.2. The number of fused-ring (bicyclic) bond motifs is 1. The molecule has 3 aromatic rings. The number of nitrogens with one attached hydrogen (secondary N) is 1. The van der Waals surface area contributed by atoms with Gasteiger partial charge in [0.05, 0.1) is 18.3 Å². The van der Waals surface area contributed by atoms with Crippen molar-refractivity contribution in [3.8, 4) is 0 Å². The van der Waals surface area contributed by atoms with Gasteiger partial charge >= 0.3 is 6.03 Å². The Labute approximate surface area is 153 Å². The predicted molar refractivity (Wildman–Crippen MR) is 101 cm³/mol. The van der Waals surface area contributed by atoms with E-state index in [1.165, 1.54) is 5.56 Å². The maximum atomic E-state index is 12.8. The van der Waals surface area contributed by atoms with Gasteiger partial charge in [-0.2, -0.15) is 0 Å². The molecule has 0 saturated carbocycles. The van der Waals surface area contributed by atoms with E-state index in [4.69, 9.17) is 0 Å². The topological polar surface area (TPSA) is 52.9 Å².